The molecule has 0 amide bonds. The van der Waals surface area contributed by atoms with Crippen LogP contribution in [-0.4, -0.2) is 12.6 Å². The van der Waals surface area contributed by atoms with Gasteiger partial charge in [-0.1, -0.05) is 19.1 Å². The first-order chi connectivity index (χ1) is 11.0. The molecule has 0 N–H and O–H groups in total. The standard InChI is InChI=1S/C18H18F2O3/c1-3-22-18(21)10-12(2)13-4-7-15(8-5-13)23-17-9-6-14(19)11-16(17)20/h4-9,11-12H,3,10H2,1-2H3. The number of benzene rings is 2. The molecule has 0 aromatic heterocycles. The predicted octanol–water partition coefficient (Wildman–Crippen LogP) is 4.81. The zero-order chi connectivity index (χ0) is 16.8. The number of carbonyl (C=O) groups is 1. The lowest BCUT2D eigenvalue weighted by Crippen LogP contribution is -2.08. The van der Waals surface area contributed by atoms with Crippen molar-refractivity contribution in [2.75, 3.05) is 6.61 Å². The van der Waals surface area contributed by atoms with E-state index in [9.17, 15) is 13.6 Å². The highest BCUT2D eigenvalue weighted by Crippen LogP contribution is 2.27. The van der Waals surface area contributed by atoms with E-state index in [0.717, 1.165) is 17.7 Å². The maximum atomic E-state index is 13.5. The Balaban J connectivity index is 2.03. The quantitative estimate of drug-likeness (QED) is 0.716. The van der Waals surface area contributed by atoms with Gasteiger partial charge in [0.2, 0.25) is 0 Å². The zero-order valence-electron chi connectivity index (χ0n) is 13.0. The van der Waals surface area contributed by atoms with Crippen molar-refractivity contribution in [3.8, 4) is 11.5 Å². The van der Waals surface area contributed by atoms with Gasteiger partial charge in [0.1, 0.15) is 11.6 Å². The number of rotatable bonds is 6. The average molecular weight is 320 g/mol. The van der Waals surface area contributed by atoms with Crippen LogP contribution in [0.2, 0.25) is 0 Å². The first kappa shape index (κ1) is 16.9. The first-order valence-corrected chi connectivity index (χ1v) is 7.38. The Morgan fingerprint density at radius 3 is 2.43 bits per heavy atom. The second-order valence-electron chi connectivity index (χ2n) is 5.16. The first-order valence-electron chi connectivity index (χ1n) is 7.38. The number of esters is 1. The molecule has 1 atom stereocenters. The van der Waals surface area contributed by atoms with Crippen molar-refractivity contribution in [1.29, 1.82) is 0 Å². The van der Waals surface area contributed by atoms with E-state index in [1.807, 2.05) is 6.92 Å². The summed E-state index contributed by atoms with van der Waals surface area (Å²) in [5.41, 5.74) is 0.949. The molecule has 3 nitrogen and oxygen atoms in total. The van der Waals surface area contributed by atoms with Crippen LogP contribution in [0.4, 0.5) is 8.78 Å². The molecule has 2 aromatic carbocycles. The van der Waals surface area contributed by atoms with Crippen molar-refractivity contribution in [2.45, 2.75) is 26.2 Å². The second-order valence-corrected chi connectivity index (χ2v) is 5.16. The molecule has 0 aliphatic heterocycles. The third-order valence-corrected chi connectivity index (χ3v) is 3.35. The summed E-state index contributed by atoms with van der Waals surface area (Å²) in [6.45, 7) is 4.05. The average Bonchev–Trinajstić information content (AvgIpc) is 2.51. The van der Waals surface area contributed by atoms with Crippen molar-refractivity contribution in [3.05, 3.63) is 59.7 Å². The molecule has 0 heterocycles. The molecular formula is C18H18F2O3. The predicted molar refractivity (Wildman–Crippen MR) is 82.5 cm³/mol. The molecule has 0 spiro atoms. The Kier molecular flexibility index (Phi) is 5.68. The zero-order valence-corrected chi connectivity index (χ0v) is 13.0. The largest absolute Gasteiger partial charge is 0.466 e. The molecule has 2 aromatic rings. The minimum absolute atomic E-state index is 0.00524. The highest BCUT2D eigenvalue weighted by atomic mass is 19.1. The van der Waals surface area contributed by atoms with Crippen LogP contribution in [0.5, 0.6) is 11.5 Å². The Hall–Kier alpha value is -2.43. The summed E-state index contributed by atoms with van der Waals surface area (Å²) in [6.07, 6.45) is 0.292. The van der Waals surface area contributed by atoms with Crippen LogP contribution in [0.15, 0.2) is 42.5 Å². The summed E-state index contributed by atoms with van der Waals surface area (Å²) in [7, 11) is 0. The highest BCUT2D eigenvalue weighted by molar-refractivity contribution is 5.70. The normalized spacial score (nSPS) is 11.8. The molecule has 0 fully saturated rings. The molecule has 5 heteroatoms. The van der Waals surface area contributed by atoms with Crippen LogP contribution in [0.3, 0.4) is 0 Å². The van der Waals surface area contributed by atoms with E-state index in [-0.39, 0.29) is 17.6 Å². The number of hydrogen-bond donors (Lipinski definition) is 0. The highest BCUT2D eigenvalue weighted by Gasteiger charge is 2.12. The van der Waals surface area contributed by atoms with Crippen molar-refractivity contribution < 1.29 is 23.0 Å². The van der Waals surface area contributed by atoms with E-state index in [1.54, 1.807) is 31.2 Å². The summed E-state index contributed by atoms with van der Waals surface area (Å²) in [5.74, 6) is -1.26. The van der Waals surface area contributed by atoms with Crippen molar-refractivity contribution >= 4 is 5.97 Å². The molecule has 1 unspecified atom stereocenters. The second kappa shape index (κ2) is 7.72. The van der Waals surface area contributed by atoms with Crippen LogP contribution in [0.1, 0.15) is 31.7 Å². The van der Waals surface area contributed by atoms with Gasteiger partial charge in [0.15, 0.2) is 11.6 Å². The van der Waals surface area contributed by atoms with Gasteiger partial charge in [0, 0.05) is 6.07 Å². The minimum Gasteiger partial charge on any atom is -0.466 e. The summed E-state index contributed by atoms with van der Waals surface area (Å²) in [5, 5.41) is 0. The Bertz CT molecular complexity index is 668. The number of halogens is 2. The molecule has 2 rings (SSSR count). The maximum absolute atomic E-state index is 13.5. The van der Waals surface area contributed by atoms with Crippen molar-refractivity contribution in [2.24, 2.45) is 0 Å². The molecule has 0 saturated carbocycles. The van der Waals surface area contributed by atoms with Gasteiger partial charge >= 0.3 is 5.97 Å². The van der Waals surface area contributed by atoms with E-state index in [2.05, 4.69) is 0 Å². The fraction of sp³-hybridized carbons (Fsp3) is 0.278. The topological polar surface area (TPSA) is 35.5 Å². The third-order valence-electron chi connectivity index (χ3n) is 3.35. The molecule has 0 saturated heterocycles. The van der Waals surface area contributed by atoms with Crippen molar-refractivity contribution in [1.82, 2.24) is 0 Å². The van der Waals surface area contributed by atoms with Gasteiger partial charge in [0.25, 0.3) is 0 Å². The van der Waals surface area contributed by atoms with Gasteiger partial charge in [-0.2, -0.15) is 0 Å². The molecule has 122 valence electrons. The van der Waals surface area contributed by atoms with E-state index in [4.69, 9.17) is 9.47 Å². The van der Waals surface area contributed by atoms with Crippen molar-refractivity contribution in [3.63, 3.8) is 0 Å². The maximum Gasteiger partial charge on any atom is 0.306 e. The van der Waals surface area contributed by atoms with E-state index in [0.29, 0.717) is 18.8 Å². The van der Waals surface area contributed by atoms with Gasteiger partial charge in [-0.05, 0) is 42.7 Å². The number of carbonyl (C=O) groups excluding carboxylic acids is 1. The Labute approximate surface area is 133 Å². The van der Waals surface area contributed by atoms with Crippen LogP contribution in [0, 0.1) is 11.6 Å². The Morgan fingerprint density at radius 2 is 1.83 bits per heavy atom. The lowest BCUT2D eigenvalue weighted by Gasteiger charge is -2.12. The van der Waals surface area contributed by atoms with Crippen LogP contribution in [-0.2, 0) is 9.53 Å². The molecule has 23 heavy (non-hydrogen) atoms. The Morgan fingerprint density at radius 1 is 1.13 bits per heavy atom. The monoisotopic (exact) mass is 320 g/mol. The summed E-state index contributed by atoms with van der Waals surface area (Å²) < 4.78 is 36.7. The van der Waals surface area contributed by atoms with E-state index >= 15 is 0 Å². The molecule has 0 bridgehead atoms. The molecule has 0 aliphatic rings. The minimum atomic E-state index is -0.759. The fourth-order valence-corrected chi connectivity index (χ4v) is 2.14. The smallest absolute Gasteiger partial charge is 0.306 e. The summed E-state index contributed by atoms with van der Waals surface area (Å²) in [6, 6.07) is 10.1. The van der Waals surface area contributed by atoms with Gasteiger partial charge in [-0.15, -0.1) is 0 Å². The summed E-state index contributed by atoms with van der Waals surface area (Å²) in [4.78, 5) is 11.5. The lowest BCUT2D eigenvalue weighted by molar-refractivity contribution is -0.143. The molecule has 0 radical (unpaired) electrons. The molecule has 0 aliphatic carbocycles. The van der Waals surface area contributed by atoms with Gasteiger partial charge < -0.3 is 9.47 Å². The SMILES string of the molecule is CCOC(=O)CC(C)c1ccc(Oc2ccc(F)cc2F)cc1. The van der Waals surface area contributed by atoms with E-state index < -0.39 is 11.6 Å². The number of hydrogen-bond acceptors (Lipinski definition) is 3. The summed E-state index contributed by atoms with van der Waals surface area (Å²) >= 11 is 0. The number of ether oxygens (including phenoxy) is 2. The van der Waals surface area contributed by atoms with E-state index in [1.165, 1.54) is 6.07 Å². The van der Waals surface area contributed by atoms with Gasteiger partial charge in [0.05, 0.1) is 13.0 Å². The fourth-order valence-electron chi connectivity index (χ4n) is 2.14. The third kappa shape index (κ3) is 4.77. The van der Waals surface area contributed by atoms with Gasteiger partial charge in [-0.3, -0.25) is 4.79 Å². The van der Waals surface area contributed by atoms with Gasteiger partial charge in [-0.25, -0.2) is 8.78 Å². The van der Waals surface area contributed by atoms with Crippen LogP contribution >= 0.6 is 0 Å². The molecular weight excluding hydrogens is 302 g/mol. The van der Waals surface area contributed by atoms with Crippen LogP contribution in [0.25, 0.3) is 0 Å². The lowest BCUT2D eigenvalue weighted by atomic mass is 9.98. The van der Waals surface area contributed by atoms with Crippen LogP contribution < -0.4 is 4.74 Å².